The number of rotatable bonds is 5. The van der Waals surface area contributed by atoms with Crippen LogP contribution in [0, 0.1) is 6.92 Å². The van der Waals surface area contributed by atoms with Crippen LogP contribution in [0.3, 0.4) is 0 Å². The SMILES string of the molecule is CC.CSc1ccc(CNc2nc3c(C)nc(Cl)nc3n(C(C)C(F)(F)F)c2=O)nc1. The molecule has 3 rings (SSSR count). The first kappa shape index (κ1) is 24.9. The van der Waals surface area contributed by atoms with Crippen molar-refractivity contribution in [2.75, 3.05) is 11.6 Å². The molecule has 0 amide bonds. The van der Waals surface area contributed by atoms with E-state index >= 15 is 0 Å². The molecule has 0 aliphatic heterocycles. The molecule has 3 heterocycles. The van der Waals surface area contributed by atoms with Crippen LogP contribution in [0.5, 0.6) is 0 Å². The number of fused-ring (bicyclic) bond motifs is 1. The van der Waals surface area contributed by atoms with Gasteiger partial charge in [0.2, 0.25) is 5.28 Å². The molecule has 168 valence electrons. The van der Waals surface area contributed by atoms with Gasteiger partial charge in [-0.1, -0.05) is 13.8 Å². The molecule has 0 spiro atoms. The summed E-state index contributed by atoms with van der Waals surface area (Å²) in [6, 6.07) is 1.47. The summed E-state index contributed by atoms with van der Waals surface area (Å²) in [4.78, 5) is 29.9. The van der Waals surface area contributed by atoms with Crippen molar-refractivity contribution in [3.8, 4) is 0 Å². The van der Waals surface area contributed by atoms with Crippen LogP contribution in [0.15, 0.2) is 28.0 Å². The molecule has 0 saturated heterocycles. The van der Waals surface area contributed by atoms with Gasteiger partial charge in [0, 0.05) is 11.1 Å². The topological polar surface area (TPSA) is 85.6 Å². The third-order valence-electron chi connectivity index (χ3n) is 4.22. The molecule has 0 aliphatic carbocycles. The van der Waals surface area contributed by atoms with E-state index in [1.54, 1.807) is 12.3 Å². The molecule has 1 atom stereocenters. The molecular weight excluding hydrogens is 453 g/mol. The lowest BCUT2D eigenvalue weighted by molar-refractivity contribution is -0.162. The van der Waals surface area contributed by atoms with Gasteiger partial charge in [0.05, 0.1) is 17.9 Å². The minimum atomic E-state index is -4.67. The molecule has 3 aromatic rings. The Hall–Kier alpha value is -2.40. The minimum absolute atomic E-state index is 0.0540. The summed E-state index contributed by atoms with van der Waals surface area (Å²) in [5.74, 6) is -0.252. The van der Waals surface area contributed by atoms with Crippen LogP contribution >= 0.6 is 23.4 Å². The molecule has 0 aromatic carbocycles. The van der Waals surface area contributed by atoms with E-state index in [9.17, 15) is 18.0 Å². The Labute approximate surface area is 186 Å². The number of hydrogen-bond acceptors (Lipinski definition) is 7. The van der Waals surface area contributed by atoms with Gasteiger partial charge < -0.3 is 5.32 Å². The third-order valence-corrected chi connectivity index (χ3v) is 5.10. The molecule has 0 fully saturated rings. The van der Waals surface area contributed by atoms with Crippen LogP contribution in [0.25, 0.3) is 11.2 Å². The maximum Gasteiger partial charge on any atom is 0.409 e. The third kappa shape index (κ3) is 5.65. The molecular formula is C19H22ClF3N6OS. The summed E-state index contributed by atoms with van der Waals surface area (Å²) < 4.78 is 40.8. The first-order valence-electron chi connectivity index (χ1n) is 9.37. The van der Waals surface area contributed by atoms with E-state index in [0.717, 1.165) is 11.8 Å². The zero-order chi connectivity index (χ0) is 23.3. The van der Waals surface area contributed by atoms with Crippen LogP contribution in [-0.2, 0) is 6.54 Å². The fourth-order valence-electron chi connectivity index (χ4n) is 2.62. The van der Waals surface area contributed by atoms with E-state index in [-0.39, 0.29) is 34.5 Å². The van der Waals surface area contributed by atoms with Gasteiger partial charge >= 0.3 is 6.18 Å². The first-order chi connectivity index (χ1) is 14.6. The van der Waals surface area contributed by atoms with Gasteiger partial charge in [0.1, 0.15) is 11.6 Å². The summed E-state index contributed by atoms with van der Waals surface area (Å²) in [6.07, 6.45) is -1.09. The van der Waals surface area contributed by atoms with E-state index in [2.05, 4.69) is 25.3 Å². The summed E-state index contributed by atoms with van der Waals surface area (Å²) in [5, 5.41) is 2.51. The number of nitrogens with one attached hydrogen (secondary N) is 1. The maximum atomic E-state index is 13.4. The smallest absolute Gasteiger partial charge is 0.360 e. The average Bonchev–Trinajstić information content (AvgIpc) is 2.73. The van der Waals surface area contributed by atoms with Gasteiger partial charge in [-0.05, 0) is 43.8 Å². The van der Waals surface area contributed by atoms with E-state index in [1.165, 1.54) is 18.7 Å². The highest BCUT2D eigenvalue weighted by atomic mass is 35.5. The van der Waals surface area contributed by atoms with Crippen molar-refractivity contribution in [3.63, 3.8) is 0 Å². The lowest BCUT2D eigenvalue weighted by Gasteiger charge is -2.21. The van der Waals surface area contributed by atoms with E-state index in [0.29, 0.717) is 10.3 Å². The lowest BCUT2D eigenvalue weighted by Crippen LogP contribution is -2.35. The van der Waals surface area contributed by atoms with Gasteiger partial charge in [-0.25, -0.2) is 9.97 Å². The molecule has 12 heteroatoms. The second-order valence-corrected chi connectivity index (χ2v) is 7.36. The highest BCUT2D eigenvalue weighted by Gasteiger charge is 2.39. The predicted octanol–water partition coefficient (Wildman–Crippen LogP) is 5.03. The zero-order valence-electron chi connectivity index (χ0n) is 17.6. The first-order valence-corrected chi connectivity index (χ1v) is 11.0. The van der Waals surface area contributed by atoms with E-state index in [1.807, 2.05) is 26.2 Å². The van der Waals surface area contributed by atoms with Crippen molar-refractivity contribution in [3.05, 3.63) is 45.4 Å². The number of thioether (sulfide) groups is 1. The number of aromatic nitrogens is 5. The van der Waals surface area contributed by atoms with Gasteiger partial charge in [0.15, 0.2) is 11.5 Å². The Morgan fingerprint density at radius 3 is 2.45 bits per heavy atom. The summed E-state index contributed by atoms with van der Waals surface area (Å²) in [5.41, 5.74) is -0.321. The molecule has 0 saturated carbocycles. The summed E-state index contributed by atoms with van der Waals surface area (Å²) in [6.45, 7) is 6.51. The number of alkyl halides is 3. The summed E-state index contributed by atoms with van der Waals surface area (Å²) >= 11 is 7.33. The van der Waals surface area contributed by atoms with Crippen molar-refractivity contribution < 1.29 is 13.2 Å². The number of anilines is 1. The van der Waals surface area contributed by atoms with Crippen LogP contribution in [-0.4, -0.2) is 36.9 Å². The van der Waals surface area contributed by atoms with Gasteiger partial charge in [0.25, 0.3) is 5.56 Å². The Bertz CT molecular complexity index is 1100. The zero-order valence-corrected chi connectivity index (χ0v) is 19.2. The van der Waals surface area contributed by atoms with Crippen LogP contribution in [0.2, 0.25) is 5.28 Å². The standard InChI is InChI=1S/C17H16ClF3N6OS.C2H6/c1-8-12-14(26-16(18)24-8)27(9(2)17(19,20)21)15(28)13(25-12)23-6-10-4-5-11(29-3)7-22-10;1-2/h4-5,7,9H,6H2,1-3H3,(H,23,25);1-2H3. The molecule has 7 nitrogen and oxygen atoms in total. The number of hydrogen-bond donors (Lipinski definition) is 1. The molecule has 31 heavy (non-hydrogen) atoms. The van der Waals surface area contributed by atoms with Crippen molar-refractivity contribution in [1.82, 2.24) is 24.5 Å². The second kappa shape index (κ2) is 10.3. The van der Waals surface area contributed by atoms with Crippen LogP contribution in [0.4, 0.5) is 19.0 Å². The van der Waals surface area contributed by atoms with E-state index < -0.39 is 17.8 Å². The highest BCUT2D eigenvalue weighted by molar-refractivity contribution is 7.98. The lowest BCUT2D eigenvalue weighted by atomic mass is 10.3. The number of halogens is 4. The monoisotopic (exact) mass is 474 g/mol. The quantitative estimate of drug-likeness (QED) is 0.410. The van der Waals surface area contributed by atoms with Crippen molar-refractivity contribution in [2.45, 2.75) is 51.4 Å². The Kier molecular flexibility index (Phi) is 8.24. The number of aryl methyl sites for hydroxylation is 1. The number of nitrogens with zero attached hydrogens (tertiary/aromatic N) is 5. The van der Waals surface area contributed by atoms with Crippen molar-refractivity contribution in [1.29, 1.82) is 0 Å². The molecule has 0 radical (unpaired) electrons. The Balaban J connectivity index is 0.00000166. The second-order valence-electron chi connectivity index (χ2n) is 6.15. The fraction of sp³-hybridized carbons (Fsp3) is 0.421. The molecule has 1 N–H and O–H groups in total. The number of pyridine rings is 1. The normalized spacial score (nSPS) is 12.3. The Morgan fingerprint density at radius 1 is 1.23 bits per heavy atom. The van der Waals surface area contributed by atoms with Crippen LogP contribution < -0.4 is 10.9 Å². The largest absolute Gasteiger partial charge is 0.409 e. The summed E-state index contributed by atoms with van der Waals surface area (Å²) in [7, 11) is 0. The average molecular weight is 475 g/mol. The molecule has 3 aromatic heterocycles. The maximum absolute atomic E-state index is 13.4. The highest BCUT2D eigenvalue weighted by Crippen LogP contribution is 2.31. The molecule has 0 bridgehead atoms. The van der Waals surface area contributed by atoms with Gasteiger partial charge in [-0.2, -0.15) is 18.2 Å². The Morgan fingerprint density at radius 2 is 1.90 bits per heavy atom. The fourth-order valence-corrected chi connectivity index (χ4v) is 3.19. The van der Waals surface area contributed by atoms with Crippen LogP contribution in [0.1, 0.15) is 38.2 Å². The molecule has 1 unspecified atom stereocenters. The van der Waals surface area contributed by atoms with Gasteiger partial charge in [-0.15, -0.1) is 11.8 Å². The molecule has 0 aliphatic rings. The van der Waals surface area contributed by atoms with Gasteiger partial charge in [-0.3, -0.25) is 14.3 Å². The minimum Gasteiger partial charge on any atom is -0.360 e. The van der Waals surface area contributed by atoms with Crippen molar-refractivity contribution >= 4 is 40.3 Å². The van der Waals surface area contributed by atoms with E-state index in [4.69, 9.17) is 11.6 Å². The van der Waals surface area contributed by atoms with Crippen molar-refractivity contribution in [2.24, 2.45) is 0 Å². The predicted molar refractivity (Wildman–Crippen MR) is 117 cm³/mol.